The van der Waals surface area contributed by atoms with Gasteiger partial charge in [0.2, 0.25) is 0 Å². The Morgan fingerprint density at radius 2 is 0.449 bits per heavy atom. The van der Waals surface area contributed by atoms with Gasteiger partial charge in [-0.25, -0.2) is 24.6 Å². The van der Waals surface area contributed by atoms with Crippen LogP contribution < -0.4 is 0 Å². The second-order valence-corrected chi connectivity index (χ2v) is 29.3. The van der Waals surface area contributed by atoms with Gasteiger partial charge < -0.3 is 15.0 Å². The Labute approximate surface area is 623 Å². The monoisotopic (exact) mass is 1390 g/mol. The summed E-state index contributed by atoms with van der Waals surface area (Å²) in [5.74, 6) is 0. The number of fused-ring (bicyclic) bond motifs is 16. The van der Waals surface area contributed by atoms with Crippen molar-refractivity contribution >= 4 is 102 Å². The molecule has 15 aromatic rings. The Kier molecular flexibility index (Phi) is 15.8. The maximum Gasteiger partial charge on any atom is 0.113 e. The summed E-state index contributed by atoms with van der Waals surface area (Å²) in [7, 11) is 0. The van der Waals surface area contributed by atoms with E-state index < -0.39 is 0 Å². The fraction of sp³-hybridized carbons (Fsp3) is 0.0625. The molecule has 0 saturated carbocycles. The molecule has 10 nitrogen and oxygen atoms in total. The van der Waals surface area contributed by atoms with Crippen LogP contribution in [0.2, 0.25) is 0 Å². The van der Waals surface area contributed by atoms with E-state index in [-0.39, 0.29) is 0 Å². The molecular formula is C96H70N10S. The van der Waals surface area contributed by atoms with Gasteiger partial charge in [0.25, 0.3) is 0 Å². The molecule has 16 bridgehead atoms. The third kappa shape index (κ3) is 12.0. The van der Waals surface area contributed by atoms with Gasteiger partial charge in [0.1, 0.15) is 5.69 Å². The fourth-order valence-corrected chi connectivity index (χ4v) is 16.3. The number of aromatic amines is 3. The van der Waals surface area contributed by atoms with Gasteiger partial charge in [-0.05, 0) is 195 Å². The summed E-state index contributed by atoms with van der Waals surface area (Å²) in [5.41, 5.74) is 38.9. The van der Waals surface area contributed by atoms with E-state index >= 15 is 0 Å². The highest BCUT2D eigenvalue weighted by molar-refractivity contribution is 7.24. The number of rotatable bonds is 10. The molecule has 11 heterocycles. The van der Waals surface area contributed by atoms with Crippen molar-refractivity contribution in [1.82, 2.24) is 49.9 Å². The lowest BCUT2D eigenvalue weighted by Crippen LogP contribution is -1.94. The molecule has 4 aliphatic rings. The predicted octanol–water partition coefficient (Wildman–Crippen LogP) is 24.8. The minimum Gasteiger partial charge on any atom is -0.354 e. The molecule has 0 atom stereocenters. The minimum absolute atomic E-state index is 0.738. The van der Waals surface area contributed by atoms with Gasteiger partial charge in [-0.1, -0.05) is 221 Å². The standard InChI is InChI=1S/C96H70N10S/c1-56-7-19-63(20-8-56)89-72-39-41-74(97-72)90(64-21-9-57(2)10-22-64)76-45-47-80(100-76)94(81-48-46-77(101-81)91(75-42-40-73(89)98-75)65-23-11-58(3)12-24-65)68-33-31-62(32-34-68)86-55-106(105-104-86)71-37-35-70(36-38-71)96-85-52-50-83(103-85)93(67-27-15-60(5)16-28-67)79-44-43-78(99-79)92(66-25-13-59(4)14-26-66)82-49-51-84(102-82)95(87-53-54-88(96)107-87)69-29-17-61(6)18-30-69/h7-55,97,99,101H,1-6H3. The van der Waals surface area contributed by atoms with Gasteiger partial charge in [-0.15, -0.1) is 16.4 Å². The Morgan fingerprint density at radius 1 is 0.234 bits per heavy atom. The van der Waals surface area contributed by atoms with E-state index in [1.54, 1.807) is 11.3 Å². The molecule has 7 aromatic heterocycles. The van der Waals surface area contributed by atoms with Crippen LogP contribution in [0.25, 0.3) is 197 Å². The van der Waals surface area contributed by atoms with Crippen molar-refractivity contribution in [2.45, 2.75) is 41.5 Å². The van der Waals surface area contributed by atoms with Gasteiger partial charge in [-0.2, -0.15) is 0 Å². The smallest absolute Gasteiger partial charge is 0.113 e. The first-order valence-corrected chi connectivity index (χ1v) is 37.0. The Balaban J connectivity index is 0.731. The first-order valence-electron chi connectivity index (χ1n) is 36.2. The van der Waals surface area contributed by atoms with Crippen molar-refractivity contribution in [2.24, 2.45) is 0 Å². The molecule has 0 spiro atoms. The van der Waals surface area contributed by atoms with Crippen molar-refractivity contribution in [2.75, 3.05) is 0 Å². The van der Waals surface area contributed by atoms with E-state index in [0.29, 0.717) is 0 Å². The van der Waals surface area contributed by atoms with Crippen molar-refractivity contribution in [1.29, 1.82) is 0 Å². The Morgan fingerprint density at radius 3 is 0.710 bits per heavy atom. The summed E-state index contributed by atoms with van der Waals surface area (Å²) in [6.45, 7) is 12.8. The molecule has 0 saturated heterocycles. The van der Waals surface area contributed by atoms with Gasteiger partial charge >= 0.3 is 0 Å². The second-order valence-electron chi connectivity index (χ2n) is 28.3. The maximum atomic E-state index is 5.62. The van der Waals surface area contributed by atoms with E-state index in [9.17, 15) is 0 Å². The predicted molar refractivity (Wildman–Crippen MR) is 447 cm³/mol. The van der Waals surface area contributed by atoms with Gasteiger partial charge in [0, 0.05) is 92.6 Å². The van der Waals surface area contributed by atoms with Crippen LogP contribution in [0.1, 0.15) is 78.9 Å². The Hall–Kier alpha value is -13.5. The van der Waals surface area contributed by atoms with Crippen molar-refractivity contribution in [3.05, 3.63) is 328 Å². The van der Waals surface area contributed by atoms with Crippen molar-refractivity contribution in [3.63, 3.8) is 0 Å². The van der Waals surface area contributed by atoms with E-state index in [1.807, 2.05) is 10.9 Å². The van der Waals surface area contributed by atoms with Crippen LogP contribution in [0.3, 0.4) is 0 Å². The van der Waals surface area contributed by atoms with Crippen LogP contribution >= 0.6 is 11.3 Å². The number of nitrogens with one attached hydrogen (secondary N) is 3. The highest BCUT2D eigenvalue weighted by atomic mass is 32.1. The zero-order valence-corrected chi connectivity index (χ0v) is 60.6. The molecule has 0 amide bonds. The summed E-state index contributed by atoms with van der Waals surface area (Å²) in [5, 5.41) is 9.60. The van der Waals surface area contributed by atoms with Gasteiger partial charge in [0.15, 0.2) is 0 Å². The van der Waals surface area contributed by atoms with Crippen LogP contribution in [-0.4, -0.2) is 49.9 Å². The van der Waals surface area contributed by atoms with E-state index in [2.05, 4.69) is 348 Å². The zero-order chi connectivity index (χ0) is 72.0. The SMILES string of the molecule is Cc1ccc(-c2c3nc(c(-c4ccc(C)cc4)c4ccc([nH]4)c(-c4ccc(-c5cn(-c6ccc(-c7c8nc(c(-c9ccc(C)cc9)c9ccc([nH]9)c(-c9ccc(C)cc9)c9nc(c(-c%10ccc(C)cc%10)c%10ccc7s%10)C=C9)C=C8)cc6)nn5)cc4)c4nc(c(-c5ccc(C)cc5)c5ccc2[nH]5)C=C4)C=C3)cc1. The molecule has 11 heteroatoms. The molecule has 19 rings (SSSR count). The lowest BCUT2D eigenvalue weighted by molar-refractivity contribution is 0.804. The van der Waals surface area contributed by atoms with Crippen LogP contribution in [0.5, 0.6) is 0 Å². The number of aryl methyl sites for hydroxylation is 6. The van der Waals surface area contributed by atoms with E-state index in [0.717, 1.165) is 194 Å². The van der Waals surface area contributed by atoms with Gasteiger partial charge in [0.05, 0.1) is 57.4 Å². The second kappa shape index (κ2) is 26.3. The maximum absolute atomic E-state index is 5.62. The minimum atomic E-state index is 0.738. The quantitative estimate of drug-likeness (QED) is 0.125. The Bertz CT molecular complexity index is 6110. The molecular weight excluding hydrogens is 1330 g/mol. The number of H-pyrrole nitrogens is 3. The summed E-state index contributed by atoms with van der Waals surface area (Å²) < 4.78 is 4.04. The highest BCUT2D eigenvalue weighted by Crippen LogP contribution is 2.44. The molecule has 0 aliphatic carbocycles. The van der Waals surface area contributed by atoms with Crippen LogP contribution in [0.15, 0.2) is 249 Å². The molecule has 8 aromatic carbocycles. The fourth-order valence-electron chi connectivity index (χ4n) is 15.1. The third-order valence-electron chi connectivity index (χ3n) is 20.8. The lowest BCUT2D eigenvalue weighted by atomic mass is 10.0. The normalized spacial score (nSPS) is 12.2. The highest BCUT2D eigenvalue weighted by Gasteiger charge is 2.24. The molecule has 0 unspecified atom stereocenters. The van der Waals surface area contributed by atoms with E-state index in [1.165, 1.54) is 33.4 Å². The van der Waals surface area contributed by atoms with Crippen molar-refractivity contribution in [3.8, 4) is 106 Å². The molecule has 107 heavy (non-hydrogen) atoms. The van der Waals surface area contributed by atoms with Crippen LogP contribution in [-0.2, 0) is 0 Å². The average Bonchev–Trinajstić information content (AvgIpc) is 1.63. The number of aromatic nitrogens is 10. The van der Waals surface area contributed by atoms with Gasteiger partial charge in [-0.3, -0.25) is 0 Å². The lowest BCUT2D eigenvalue weighted by Gasteiger charge is -2.08. The number of hydrogen-bond acceptors (Lipinski definition) is 7. The molecule has 510 valence electrons. The summed E-state index contributed by atoms with van der Waals surface area (Å²) in [4.78, 5) is 34.1. The first-order chi connectivity index (χ1) is 52.4. The van der Waals surface area contributed by atoms with Crippen LogP contribution in [0, 0.1) is 41.5 Å². The zero-order valence-electron chi connectivity index (χ0n) is 59.8. The number of hydrogen-bond donors (Lipinski definition) is 3. The van der Waals surface area contributed by atoms with Crippen molar-refractivity contribution < 1.29 is 0 Å². The summed E-state index contributed by atoms with van der Waals surface area (Å²) in [6, 6.07) is 87.3. The topological polar surface area (TPSA) is 130 Å². The third-order valence-corrected chi connectivity index (χ3v) is 21.9. The molecule has 4 aliphatic heterocycles. The summed E-state index contributed by atoms with van der Waals surface area (Å²) in [6.07, 6.45) is 19.3. The molecule has 0 radical (unpaired) electrons. The number of nitrogens with zero attached hydrogens (tertiary/aromatic N) is 7. The molecule has 3 N–H and O–H groups in total. The van der Waals surface area contributed by atoms with E-state index in [4.69, 9.17) is 30.2 Å². The number of benzene rings is 8. The first kappa shape index (κ1) is 64.4. The molecule has 0 fully saturated rings. The largest absolute Gasteiger partial charge is 0.354 e. The number of thiophene rings is 1. The van der Waals surface area contributed by atoms with Crippen LogP contribution in [0.4, 0.5) is 0 Å². The summed E-state index contributed by atoms with van der Waals surface area (Å²) >= 11 is 1.76. The average molecular weight is 1400 g/mol.